The Hall–Kier alpha value is -1.78. The number of carbonyl (C=O) groups is 1. The lowest BCUT2D eigenvalue weighted by atomic mass is 9.94. The zero-order valence-corrected chi connectivity index (χ0v) is 10.3. The lowest BCUT2D eigenvalue weighted by molar-refractivity contribution is -0.137. The van der Waals surface area contributed by atoms with Crippen LogP contribution in [0, 0.1) is 0 Å². The molecule has 0 unspecified atom stereocenters. The lowest BCUT2D eigenvalue weighted by Gasteiger charge is -2.12. The molecule has 0 radical (unpaired) electrons. The van der Waals surface area contributed by atoms with Crippen molar-refractivity contribution in [2.75, 3.05) is 0 Å². The smallest absolute Gasteiger partial charge is 0.347 e. The fourth-order valence-corrected chi connectivity index (χ4v) is 2.82. The predicted molar refractivity (Wildman–Crippen MR) is 65.2 cm³/mol. The van der Waals surface area contributed by atoms with Gasteiger partial charge in [-0.05, 0) is 31.0 Å². The molecular weight excluding hydrogens is 255 g/mol. The number of Topliss-reactive ketones (excluding diaryl/α,β-unsaturated/α-hetero) is 1. The number of carbonyl (C=O) groups excluding carboxylic acids is 1. The summed E-state index contributed by atoms with van der Waals surface area (Å²) in [5.74, 6) is -0.0498. The number of halogens is 3. The lowest BCUT2D eigenvalue weighted by Crippen LogP contribution is -2.11. The first-order valence-electron chi connectivity index (χ1n) is 6.11. The molecule has 3 rings (SSSR count). The molecule has 0 N–H and O–H groups in total. The molecule has 0 saturated heterocycles. The fraction of sp³-hybridized carbons (Fsp3) is 0.357. The largest absolute Gasteiger partial charge is 0.416 e. The Bertz CT molecular complexity index is 682. The highest BCUT2D eigenvalue weighted by Gasteiger charge is 2.32. The second-order valence-electron chi connectivity index (χ2n) is 4.89. The predicted octanol–water partition coefficient (Wildman–Crippen LogP) is 3.72. The monoisotopic (exact) mass is 267 g/mol. The van der Waals surface area contributed by atoms with E-state index in [-0.39, 0.29) is 5.78 Å². The Balaban J connectivity index is 2.34. The average Bonchev–Trinajstić information content (AvgIpc) is 2.63. The van der Waals surface area contributed by atoms with Crippen molar-refractivity contribution in [1.29, 1.82) is 0 Å². The van der Waals surface area contributed by atoms with E-state index in [9.17, 15) is 18.0 Å². The third kappa shape index (κ3) is 1.76. The summed E-state index contributed by atoms with van der Waals surface area (Å²) >= 11 is 0. The highest BCUT2D eigenvalue weighted by atomic mass is 19.4. The van der Waals surface area contributed by atoms with Crippen LogP contribution < -0.4 is 0 Å². The van der Waals surface area contributed by atoms with Gasteiger partial charge in [-0.2, -0.15) is 13.2 Å². The molecule has 0 spiro atoms. The number of benzene rings is 1. The molecule has 0 aliphatic heterocycles. The molecule has 0 bridgehead atoms. The van der Waals surface area contributed by atoms with E-state index in [1.807, 2.05) is 4.57 Å². The molecule has 0 saturated carbocycles. The molecule has 1 heterocycles. The summed E-state index contributed by atoms with van der Waals surface area (Å²) in [5.41, 5.74) is 1.32. The first-order valence-corrected chi connectivity index (χ1v) is 6.11. The zero-order valence-electron chi connectivity index (χ0n) is 10.3. The second-order valence-corrected chi connectivity index (χ2v) is 4.89. The van der Waals surface area contributed by atoms with E-state index >= 15 is 0 Å². The van der Waals surface area contributed by atoms with E-state index in [1.165, 1.54) is 6.07 Å². The Labute approximate surface area is 107 Å². The SMILES string of the molecule is Cn1c2c(c3cc(C(F)(F)F)ccc31)C(=O)CCC2. The maximum absolute atomic E-state index is 12.8. The van der Waals surface area contributed by atoms with Gasteiger partial charge in [0.15, 0.2) is 5.78 Å². The Morgan fingerprint density at radius 1 is 1.21 bits per heavy atom. The molecule has 1 aromatic heterocycles. The van der Waals surface area contributed by atoms with Gasteiger partial charge in [-0.25, -0.2) is 0 Å². The van der Waals surface area contributed by atoms with Gasteiger partial charge in [-0.15, -0.1) is 0 Å². The van der Waals surface area contributed by atoms with Crippen LogP contribution in [0.15, 0.2) is 18.2 Å². The van der Waals surface area contributed by atoms with Gasteiger partial charge in [-0.1, -0.05) is 0 Å². The van der Waals surface area contributed by atoms with Crippen molar-refractivity contribution < 1.29 is 18.0 Å². The second kappa shape index (κ2) is 3.85. The van der Waals surface area contributed by atoms with Gasteiger partial charge in [0.2, 0.25) is 0 Å². The van der Waals surface area contributed by atoms with Crippen molar-refractivity contribution in [3.05, 3.63) is 35.0 Å². The molecule has 100 valence electrons. The highest BCUT2D eigenvalue weighted by molar-refractivity contribution is 6.10. The molecule has 5 heteroatoms. The normalized spacial score (nSPS) is 15.9. The zero-order chi connectivity index (χ0) is 13.8. The Kier molecular flexibility index (Phi) is 2.49. The quantitative estimate of drug-likeness (QED) is 0.713. The van der Waals surface area contributed by atoms with E-state index in [4.69, 9.17) is 0 Å². The van der Waals surface area contributed by atoms with E-state index in [0.29, 0.717) is 22.9 Å². The average molecular weight is 267 g/mol. The summed E-state index contributed by atoms with van der Waals surface area (Å²) < 4.78 is 40.1. The number of aromatic nitrogens is 1. The van der Waals surface area contributed by atoms with Gasteiger partial charge in [0.1, 0.15) is 0 Å². The van der Waals surface area contributed by atoms with Gasteiger partial charge < -0.3 is 4.57 Å². The van der Waals surface area contributed by atoms with Gasteiger partial charge >= 0.3 is 6.18 Å². The Morgan fingerprint density at radius 3 is 2.63 bits per heavy atom. The van der Waals surface area contributed by atoms with E-state index in [1.54, 1.807) is 7.05 Å². The van der Waals surface area contributed by atoms with Crippen LogP contribution in [0.3, 0.4) is 0 Å². The molecule has 1 aliphatic rings. The maximum Gasteiger partial charge on any atom is 0.416 e. The molecule has 19 heavy (non-hydrogen) atoms. The first-order chi connectivity index (χ1) is 8.89. The van der Waals surface area contributed by atoms with Crippen molar-refractivity contribution in [3.8, 4) is 0 Å². The molecule has 0 amide bonds. The highest BCUT2D eigenvalue weighted by Crippen LogP contribution is 2.36. The minimum absolute atomic E-state index is 0.0498. The number of nitrogens with zero attached hydrogens (tertiary/aromatic N) is 1. The number of hydrogen-bond donors (Lipinski definition) is 0. The topological polar surface area (TPSA) is 22.0 Å². The van der Waals surface area contributed by atoms with Crippen molar-refractivity contribution >= 4 is 16.7 Å². The van der Waals surface area contributed by atoms with Crippen LogP contribution in [0.4, 0.5) is 13.2 Å². The van der Waals surface area contributed by atoms with E-state index in [0.717, 1.165) is 30.7 Å². The molecule has 0 fully saturated rings. The summed E-state index contributed by atoms with van der Waals surface area (Å²) in [6.07, 6.45) is -2.45. The molecule has 1 aromatic carbocycles. The van der Waals surface area contributed by atoms with Crippen LogP contribution in [-0.2, 0) is 19.6 Å². The maximum atomic E-state index is 12.8. The minimum atomic E-state index is -4.38. The van der Waals surface area contributed by atoms with Gasteiger partial charge in [0.05, 0.1) is 5.56 Å². The van der Waals surface area contributed by atoms with Crippen molar-refractivity contribution in [3.63, 3.8) is 0 Å². The van der Waals surface area contributed by atoms with Crippen LogP contribution >= 0.6 is 0 Å². The molecule has 2 nitrogen and oxygen atoms in total. The van der Waals surface area contributed by atoms with E-state index < -0.39 is 11.7 Å². The number of rotatable bonds is 0. The van der Waals surface area contributed by atoms with E-state index in [2.05, 4.69) is 0 Å². The third-order valence-corrected chi connectivity index (χ3v) is 3.74. The number of hydrogen-bond acceptors (Lipinski definition) is 1. The standard InChI is InChI=1S/C14H12F3NO/c1-18-10-6-5-8(14(15,16)17)7-9(10)13-11(18)3-2-4-12(13)19/h5-7H,2-4H2,1H3. The first kappa shape index (κ1) is 12.3. The van der Waals surface area contributed by atoms with Gasteiger partial charge in [-0.3, -0.25) is 4.79 Å². The van der Waals surface area contributed by atoms with Crippen LogP contribution in [0.2, 0.25) is 0 Å². The molecule has 2 aromatic rings. The summed E-state index contributed by atoms with van der Waals surface area (Å²) in [6, 6.07) is 3.61. The number of alkyl halides is 3. The Morgan fingerprint density at radius 2 is 1.95 bits per heavy atom. The molecular formula is C14H12F3NO. The molecule has 0 atom stereocenters. The summed E-state index contributed by atoms with van der Waals surface area (Å²) in [5, 5.41) is 0.428. The summed E-state index contributed by atoms with van der Waals surface area (Å²) in [7, 11) is 1.80. The number of fused-ring (bicyclic) bond motifs is 3. The number of ketones is 1. The summed E-state index contributed by atoms with van der Waals surface area (Å²) in [4.78, 5) is 12.0. The number of aryl methyl sites for hydroxylation is 1. The van der Waals surface area contributed by atoms with Crippen LogP contribution in [0.25, 0.3) is 10.9 Å². The van der Waals surface area contributed by atoms with Crippen LogP contribution in [0.5, 0.6) is 0 Å². The third-order valence-electron chi connectivity index (χ3n) is 3.74. The van der Waals surface area contributed by atoms with Crippen molar-refractivity contribution in [1.82, 2.24) is 4.57 Å². The van der Waals surface area contributed by atoms with Crippen LogP contribution in [-0.4, -0.2) is 10.4 Å². The van der Waals surface area contributed by atoms with Crippen molar-refractivity contribution in [2.45, 2.75) is 25.4 Å². The van der Waals surface area contributed by atoms with Gasteiger partial charge in [0, 0.05) is 35.6 Å². The van der Waals surface area contributed by atoms with Gasteiger partial charge in [0.25, 0.3) is 0 Å². The molecule has 1 aliphatic carbocycles. The fourth-order valence-electron chi connectivity index (χ4n) is 2.82. The summed E-state index contributed by atoms with van der Waals surface area (Å²) in [6.45, 7) is 0. The van der Waals surface area contributed by atoms with Crippen molar-refractivity contribution in [2.24, 2.45) is 7.05 Å². The van der Waals surface area contributed by atoms with Crippen LogP contribution in [0.1, 0.15) is 34.5 Å². The minimum Gasteiger partial charge on any atom is -0.347 e.